The molecule has 0 fully saturated rings. The Balaban J connectivity index is 2.09. The normalized spacial score (nSPS) is 14.2. The van der Waals surface area contributed by atoms with Gasteiger partial charge in [0.05, 0.1) is 19.4 Å². The maximum atomic E-state index is 5.39. The number of furan rings is 1. The number of para-hydroxylation sites is 1. The van der Waals surface area contributed by atoms with Gasteiger partial charge in [0.25, 0.3) is 0 Å². The summed E-state index contributed by atoms with van der Waals surface area (Å²) in [7, 11) is 1.70. The number of rotatable bonds is 5. The fourth-order valence-electron chi connectivity index (χ4n) is 2.11. The van der Waals surface area contributed by atoms with Crippen LogP contribution in [0.5, 0.6) is 5.75 Å². The van der Waals surface area contributed by atoms with Gasteiger partial charge in [0.1, 0.15) is 11.5 Å². The Morgan fingerprint density at radius 2 is 1.83 bits per heavy atom. The van der Waals surface area contributed by atoms with Crippen LogP contribution in [0, 0.1) is 0 Å². The van der Waals surface area contributed by atoms with Crippen LogP contribution >= 0.6 is 0 Å². The summed E-state index contributed by atoms with van der Waals surface area (Å²) in [6, 6.07) is 12.3. The summed E-state index contributed by atoms with van der Waals surface area (Å²) in [5.41, 5.74) is 1.15. The lowest BCUT2D eigenvalue weighted by Crippen LogP contribution is -2.22. The molecule has 0 spiro atoms. The first-order chi connectivity index (χ1) is 8.72. The molecule has 0 saturated carbocycles. The number of hydrogen-bond acceptors (Lipinski definition) is 3. The highest BCUT2D eigenvalue weighted by Crippen LogP contribution is 2.26. The van der Waals surface area contributed by atoms with Crippen LogP contribution < -0.4 is 10.1 Å². The summed E-state index contributed by atoms with van der Waals surface area (Å²) >= 11 is 0. The molecule has 2 rings (SSSR count). The van der Waals surface area contributed by atoms with Gasteiger partial charge in [-0.15, -0.1) is 0 Å². The molecular weight excluding hydrogens is 226 g/mol. The van der Waals surface area contributed by atoms with Gasteiger partial charge in [0.15, 0.2) is 0 Å². The molecule has 2 atom stereocenters. The Morgan fingerprint density at radius 1 is 1.06 bits per heavy atom. The third kappa shape index (κ3) is 2.74. The SMILES string of the molecule is COc1ccccc1[C@H](C)NC(C)c1ccco1. The Labute approximate surface area is 108 Å². The van der Waals surface area contributed by atoms with Crippen molar-refractivity contribution in [1.82, 2.24) is 5.32 Å². The Hall–Kier alpha value is -1.74. The molecule has 2 aromatic rings. The molecule has 3 heteroatoms. The van der Waals surface area contributed by atoms with Crippen molar-refractivity contribution in [2.45, 2.75) is 25.9 Å². The van der Waals surface area contributed by atoms with Crippen molar-refractivity contribution in [2.75, 3.05) is 7.11 Å². The van der Waals surface area contributed by atoms with E-state index in [0.29, 0.717) is 0 Å². The molecule has 1 aromatic carbocycles. The second-order valence-corrected chi connectivity index (χ2v) is 4.37. The molecule has 96 valence electrons. The summed E-state index contributed by atoms with van der Waals surface area (Å²) in [5.74, 6) is 1.85. The first-order valence-corrected chi connectivity index (χ1v) is 6.14. The van der Waals surface area contributed by atoms with Crippen molar-refractivity contribution in [1.29, 1.82) is 0 Å². The zero-order chi connectivity index (χ0) is 13.0. The molecule has 1 aromatic heterocycles. The van der Waals surface area contributed by atoms with Gasteiger partial charge in [-0.1, -0.05) is 18.2 Å². The van der Waals surface area contributed by atoms with Gasteiger partial charge in [-0.3, -0.25) is 0 Å². The van der Waals surface area contributed by atoms with Gasteiger partial charge in [-0.05, 0) is 32.0 Å². The molecule has 3 nitrogen and oxygen atoms in total. The number of ether oxygens (including phenoxy) is 1. The first kappa shape index (κ1) is 12.7. The zero-order valence-corrected chi connectivity index (χ0v) is 11.0. The second kappa shape index (κ2) is 5.74. The van der Waals surface area contributed by atoms with Crippen LogP contribution in [0.1, 0.15) is 37.3 Å². The molecule has 0 aliphatic rings. The lowest BCUT2D eigenvalue weighted by molar-refractivity contribution is 0.380. The van der Waals surface area contributed by atoms with Crippen LogP contribution in [0.25, 0.3) is 0 Å². The number of nitrogens with one attached hydrogen (secondary N) is 1. The van der Waals surface area contributed by atoms with Gasteiger partial charge in [-0.25, -0.2) is 0 Å². The minimum absolute atomic E-state index is 0.167. The van der Waals surface area contributed by atoms with E-state index in [1.807, 2.05) is 30.3 Å². The van der Waals surface area contributed by atoms with Crippen LogP contribution in [-0.2, 0) is 0 Å². The smallest absolute Gasteiger partial charge is 0.123 e. The Bertz CT molecular complexity index is 479. The number of methoxy groups -OCH3 is 1. The van der Waals surface area contributed by atoms with Gasteiger partial charge >= 0.3 is 0 Å². The highest BCUT2D eigenvalue weighted by atomic mass is 16.5. The summed E-state index contributed by atoms with van der Waals surface area (Å²) in [5, 5.41) is 3.50. The second-order valence-electron chi connectivity index (χ2n) is 4.37. The molecule has 18 heavy (non-hydrogen) atoms. The molecular formula is C15H19NO2. The van der Waals surface area contributed by atoms with Gasteiger partial charge in [0, 0.05) is 11.6 Å². The molecule has 1 unspecified atom stereocenters. The van der Waals surface area contributed by atoms with Crippen LogP contribution in [0.15, 0.2) is 47.1 Å². The molecule has 1 heterocycles. The predicted octanol–water partition coefficient (Wildman–Crippen LogP) is 3.70. The van der Waals surface area contributed by atoms with Gasteiger partial charge < -0.3 is 14.5 Å². The zero-order valence-electron chi connectivity index (χ0n) is 11.0. The van der Waals surface area contributed by atoms with Crippen LogP contribution in [-0.4, -0.2) is 7.11 Å². The maximum Gasteiger partial charge on any atom is 0.123 e. The average molecular weight is 245 g/mol. The van der Waals surface area contributed by atoms with Crippen molar-refractivity contribution >= 4 is 0 Å². The highest BCUT2D eigenvalue weighted by molar-refractivity contribution is 5.35. The minimum Gasteiger partial charge on any atom is -0.496 e. The molecule has 0 saturated heterocycles. The molecule has 1 N–H and O–H groups in total. The van der Waals surface area contributed by atoms with Crippen LogP contribution in [0.3, 0.4) is 0 Å². The summed E-state index contributed by atoms with van der Waals surface area (Å²) in [6.45, 7) is 4.21. The van der Waals surface area contributed by atoms with E-state index in [-0.39, 0.29) is 12.1 Å². The van der Waals surface area contributed by atoms with Crippen molar-refractivity contribution in [3.05, 3.63) is 54.0 Å². The molecule has 0 amide bonds. The monoisotopic (exact) mass is 245 g/mol. The van der Waals surface area contributed by atoms with Crippen LogP contribution in [0.2, 0.25) is 0 Å². The standard InChI is InChI=1S/C15H19NO2/c1-11(13-7-4-5-8-15(13)17-3)16-12(2)14-9-6-10-18-14/h4-12,16H,1-3H3/t11-,12?/m0/s1. The van der Waals surface area contributed by atoms with Crippen molar-refractivity contribution < 1.29 is 9.15 Å². The average Bonchev–Trinajstić information content (AvgIpc) is 2.92. The largest absolute Gasteiger partial charge is 0.496 e. The number of benzene rings is 1. The van der Waals surface area contributed by atoms with E-state index in [1.54, 1.807) is 13.4 Å². The van der Waals surface area contributed by atoms with Gasteiger partial charge in [0.2, 0.25) is 0 Å². The molecule has 0 radical (unpaired) electrons. The molecule has 0 aliphatic carbocycles. The van der Waals surface area contributed by atoms with E-state index in [0.717, 1.165) is 17.1 Å². The van der Waals surface area contributed by atoms with Crippen molar-refractivity contribution in [3.8, 4) is 5.75 Å². The Morgan fingerprint density at radius 3 is 2.50 bits per heavy atom. The fraction of sp³-hybridized carbons (Fsp3) is 0.333. The lowest BCUT2D eigenvalue weighted by atomic mass is 10.1. The van der Waals surface area contributed by atoms with E-state index in [2.05, 4.69) is 25.2 Å². The van der Waals surface area contributed by atoms with E-state index in [1.165, 1.54) is 0 Å². The van der Waals surface area contributed by atoms with Gasteiger partial charge in [-0.2, -0.15) is 0 Å². The summed E-state index contributed by atoms with van der Waals surface area (Å²) in [6.07, 6.45) is 1.70. The van der Waals surface area contributed by atoms with E-state index >= 15 is 0 Å². The fourth-order valence-corrected chi connectivity index (χ4v) is 2.11. The first-order valence-electron chi connectivity index (χ1n) is 6.14. The minimum atomic E-state index is 0.167. The Kier molecular flexibility index (Phi) is 4.05. The van der Waals surface area contributed by atoms with E-state index in [4.69, 9.17) is 9.15 Å². The molecule has 0 bridgehead atoms. The van der Waals surface area contributed by atoms with Crippen molar-refractivity contribution in [2.24, 2.45) is 0 Å². The molecule has 0 aliphatic heterocycles. The predicted molar refractivity (Wildman–Crippen MR) is 71.7 cm³/mol. The summed E-state index contributed by atoms with van der Waals surface area (Å²) in [4.78, 5) is 0. The van der Waals surface area contributed by atoms with E-state index in [9.17, 15) is 0 Å². The third-order valence-corrected chi connectivity index (χ3v) is 3.08. The highest BCUT2D eigenvalue weighted by Gasteiger charge is 2.15. The van der Waals surface area contributed by atoms with Crippen LogP contribution in [0.4, 0.5) is 0 Å². The summed E-state index contributed by atoms with van der Waals surface area (Å²) < 4.78 is 10.8. The van der Waals surface area contributed by atoms with Crippen molar-refractivity contribution in [3.63, 3.8) is 0 Å². The topological polar surface area (TPSA) is 34.4 Å². The van der Waals surface area contributed by atoms with E-state index < -0.39 is 0 Å². The maximum absolute atomic E-state index is 5.39. The third-order valence-electron chi connectivity index (χ3n) is 3.08. The number of hydrogen-bond donors (Lipinski definition) is 1. The quantitative estimate of drug-likeness (QED) is 0.872. The lowest BCUT2D eigenvalue weighted by Gasteiger charge is -2.20.